The predicted octanol–water partition coefficient (Wildman–Crippen LogP) is 2.41. The molecule has 3 rings (SSSR count). The van der Waals surface area contributed by atoms with E-state index in [9.17, 15) is 19.5 Å². The van der Waals surface area contributed by atoms with Crippen molar-refractivity contribution in [3.8, 4) is 11.5 Å². The Morgan fingerprint density at radius 2 is 1.69 bits per heavy atom. The van der Waals surface area contributed by atoms with Crippen molar-refractivity contribution in [1.82, 2.24) is 4.90 Å². The number of aromatic hydroxyl groups is 1. The van der Waals surface area contributed by atoms with Gasteiger partial charge in [0.2, 0.25) is 0 Å². The topological polar surface area (TPSA) is 87.2 Å². The minimum Gasteiger partial charge on any atom is -0.504 e. The zero-order valence-electron chi connectivity index (χ0n) is 14.2. The Balaban J connectivity index is 2.07. The highest BCUT2D eigenvalue weighted by molar-refractivity contribution is 6.39. The van der Waals surface area contributed by atoms with Crippen molar-refractivity contribution < 1.29 is 24.2 Å². The molecule has 0 radical (unpaired) electrons. The fourth-order valence-electron chi connectivity index (χ4n) is 2.60. The van der Waals surface area contributed by atoms with E-state index >= 15 is 0 Å². The lowest BCUT2D eigenvalue weighted by atomic mass is 10.1. The van der Waals surface area contributed by atoms with Crippen LogP contribution in [-0.4, -0.2) is 42.0 Å². The van der Waals surface area contributed by atoms with Gasteiger partial charge in [-0.15, -0.1) is 0 Å². The summed E-state index contributed by atoms with van der Waals surface area (Å²) in [7, 11) is 2.71. The summed E-state index contributed by atoms with van der Waals surface area (Å²) in [6.45, 7) is 0. The predicted molar refractivity (Wildman–Crippen MR) is 94.7 cm³/mol. The third kappa shape index (κ3) is 2.90. The Hall–Kier alpha value is -3.61. The highest BCUT2D eigenvalue weighted by Gasteiger charge is 2.40. The number of ether oxygens (including phenoxy) is 1. The molecule has 4 amide bonds. The Morgan fingerprint density at radius 1 is 1.00 bits per heavy atom. The van der Waals surface area contributed by atoms with Gasteiger partial charge in [-0.1, -0.05) is 24.3 Å². The van der Waals surface area contributed by atoms with Crippen LogP contribution in [0.5, 0.6) is 11.5 Å². The Kier molecular flexibility index (Phi) is 4.45. The highest BCUT2D eigenvalue weighted by atomic mass is 16.5. The van der Waals surface area contributed by atoms with Crippen molar-refractivity contribution in [2.45, 2.75) is 0 Å². The Bertz CT molecular complexity index is 921. The molecule has 0 atom stereocenters. The first-order valence-electron chi connectivity index (χ1n) is 7.74. The van der Waals surface area contributed by atoms with Crippen molar-refractivity contribution in [1.29, 1.82) is 0 Å². The van der Waals surface area contributed by atoms with Crippen LogP contribution in [0.2, 0.25) is 0 Å². The van der Waals surface area contributed by atoms with Gasteiger partial charge in [0.15, 0.2) is 11.5 Å². The normalized spacial score (nSPS) is 16.4. The minimum absolute atomic E-state index is 0.0610. The van der Waals surface area contributed by atoms with E-state index in [1.54, 1.807) is 30.3 Å². The number of para-hydroxylation sites is 1. The number of carbonyl (C=O) groups excluding carboxylic acids is 3. The number of anilines is 1. The molecule has 0 aliphatic carbocycles. The summed E-state index contributed by atoms with van der Waals surface area (Å²) in [4.78, 5) is 39.5. The lowest BCUT2D eigenvalue weighted by Gasteiger charge is -2.31. The first-order valence-corrected chi connectivity index (χ1v) is 7.74. The molecule has 1 N–H and O–H groups in total. The van der Waals surface area contributed by atoms with E-state index in [-0.39, 0.29) is 17.1 Å². The average molecular weight is 352 g/mol. The number of hydrogen-bond donors (Lipinski definition) is 1. The van der Waals surface area contributed by atoms with Crippen molar-refractivity contribution >= 4 is 29.6 Å². The summed E-state index contributed by atoms with van der Waals surface area (Å²) in [5.74, 6) is -1.26. The lowest BCUT2D eigenvalue weighted by molar-refractivity contribution is -0.128. The minimum atomic E-state index is -0.716. The SMILES string of the molecule is COc1cc(/C=C2/C(=O)N(C)C(=O)N(c3ccccc3)C2=O)ccc1O. The summed E-state index contributed by atoms with van der Waals surface area (Å²) < 4.78 is 5.03. The third-order valence-electron chi connectivity index (χ3n) is 3.98. The Labute approximate surface area is 149 Å². The molecule has 1 heterocycles. The molecular weight excluding hydrogens is 336 g/mol. The molecule has 2 aromatic rings. The molecule has 0 spiro atoms. The van der Waals surface area contributed by atoms with Crippen LogP contribution in [0, 0.1) is 0 Å². The van der Waals surface area contributed by atoms with Crippen molar-refractivity contribution in [3.05, 3.63) is 59.7 Å². The van der Waals surface area contributed by atoms with Gasteiger partial charge in [0, 0.05) is 7.05 Å². The second-order valence-electron chi connectivity index (χ2n) is 5.61. The summed E-state index contributed by atoms with van der Waals surface area (Å²) in [5.41, 5.74) is 0.687. The van der Waals surface area contributed by atoms with Crippen LogP contribution in [0.4, 0.5) is 10.5 Å². The van der Waals surface area contributed by atoms with Crippen LogP contribution in [0.3, 0.4) is 0 Å². The standard InChI is InChI=1S/C19H16N2O5/c1-20-17(23)14(10-12-8-9-15(22)16(11-12)26-2)18(24)21(19(20)25)13-6-4-3-5-7-13/h3-11,22H,1-2H3/b14-10-. The van der Waals surface area contributed by atoms with Crippen molar-refractivity contribution in [3.63, 3.8) is 0 Å². The van der Waals surface area contributed by atoms with Gasteiger partial charge in [0.25, 0.3) is 11.8 Å². The smallest absolute Gasteiger partial charge is 0.338 e. The number of rotatable bonds is 3. The van der Waals surface area contributed by atoms with E-state index in [4.69, 9.17) is 4.74 Å². The van der Waals surface area contributed by atoms with Gasteiger partial charge in [-0.3, -0.25) is 14.5 Å². The number of likely N-dealkylation sites (N-methyl/N-ethyl adjacent to an activating group) is 1. The molecule has 0 bridgehead atoms. The molecule has 0 aromatic heterocycles. The number of nitrogens with zero attached hydrogens (tertiary/aromatic N) is 2. The van der Waals surface area contributed by atoms with E-state index in [2.05, 4.69) is 0 Å². The molecule has 1 saturated heterocycles. The van der Waals surface area contributed by atoms with Crippen molar-refractivity contribution in [2.75, 3.05) is 19.1 Å². The molecule has 1 fully saturated rings. The van der Waals surface area contributed by atoms with E-state index in [0.717, 1.165) is 9.80 Å². The van der Waals surface area contributed by atoms with Crippen LogP contribution < -0.4 is 9.64 Å². The number of phenolic OH excluding ortho intramolecular Hbond substituents is 1. The molecule has 0 unspecified atom stereocenters. The molecule has 1 aliphatic rings. The zero-order chi connectivity index (χ0) is 18.8. The van der Waals surface area contributed by atoms with Crippen LogP contribution in [0.1, 0.15) is 5.56 Å². The van der Waals surface area contributed by atoms with Gasteiger partial charge in [-0.25, -0.2) is 9.69 Å². The van der Waals surface area contributed by atoms with Crippen molar-refractivity contribution in [2.24, 2.45) is 0 Å². The number of imide groups is 2. The molecule has 0 saturated carbocycles. The number of benzene rings is 2. The van der Waals surface area contributed by atoms with E-state index < -0.39 is 17.8 Å². The zero-order valence-corrected chi connectivity index (χ0v) is 14.2. The fraction of sp³-hybridized carbons (Fsp3) is 0.105. The number of carbonyl (C=O) groups is 3. The second-order valence-corrected chi connectivity index (χ2v) is 5.61. The average Bonchev–Trinajstić information content (AvgIpc) is 2.66. The summed E-state index contributed by atoms with van der Waals surface area (Å²) in [6.07, 6.45) is 1.37. The van der Waals surface area contributed by atoms with Gasteiger partial charge in [0.05, 0.1) is 12.8 Å². The highest BCUT2D eigenvalue weighted by Crippen LogP contribution is 2.29. The molecule has 7 nitrogen and oxygen atoms in total. The molecular formula is C19H16N2O5. The number of urea groups is 1. The maximum absolute atomic E-state index is 12.8. The van der Waals surface area contributed by atoms with E-state index in [0.29, 0.717) is 11.3 Å². The van der Waals surface area contributed by atoms with E-state index in [1.807, 2.05) is 0 Å². The number of methoxy groups -OCH3 is 1. The maximum Gasteiger partial charge on any atom is 0.338 e. The number of phenols is 1. The first kappa shape index (κ1) is 17.2. The monoisotopic (exact) mass is 352 g/mol. The lowest BCUT2D eigenvalue weighted by Crippen LogP contribution is -2.55. The number of barbiturate groups is 1. The van der Waals surface area contributed by atoms with Gasteiger partial charge in [-0.2, -0.15) is 0 Å². The maximum atomic E-state index is 12.8. The molecule has 2 aromatic carbocycles. The van der Waals surface area contributed by atoms with Gasteiger partial charge < -0.3 is 9.84 Å². The molecule has 26 heavy (non-hydrogen) atoms. The van der Waals surface area contributed by atoms with Crippen LogP contribution >= 0.6 is 0 Å². The van der Waals surface area contributed by atoms with Crippen LogP contribution in [-0.2, 0) is 9.59 Å². The summed E-state index contributed by atoms with van der Waals surface area (Å²) >= 11 is 0. The van der Waals surface area contributed by atoms with Gasteiger partial charge in [-0.05, 0) is 35.9 Å². The van der Waals surface area contributed by atoms with Gasteiger partial charge >= 0.3 is 6.03 Å². The summed E-state index contributed by atoms with van der Waals surface area (Å²) in [5, 5.41) is 9.67. The quantitative estimate of drug-likeness (QED) is 0.677. The van der Waals surface area contributed by atoms with Crippen LogP contribution in [0.15, 0.2) is 54.1 Å². The first-order chi connectivity index (χ1) is 12.4. The number of amides is 4. The second kappa shape index (κ2) is 6.72. The van der Waals surface area contributed by atoms with E-state index in [1.165, 1.54) is 38.4 Å². The largest absolute Gasteiger partial charge is 0.504 e. The Morgan fingerprint density at radius 3 is 2.35 bits per heavy atom. The molecule has 132 valence electrons. The molecule has 7 heteroatoms. The van der Waals surface area contributed by atoms with Crippen LogP contribution in [0.25, 0.3) is 6.08 Å². The number of hydrogen-bond acceptors (Lipinski definition) is 5. The molecule has 1 aliphatic heterocycles. The van der Waals surface area contributed by atoms with Gasteiger partial charge in [0.1, 0.15) is 5.57 Å². The summed E-state index contributed by atoms with van der Waals surface area (Å²) in [6, 6.07) is 12.1. The fourth-order valence-corrected chi connectivity index (χ4v) is 2.60. The third-order valence-corrected chi connectivity index (χ3v) is 3.98.